The van der Waals surface area contributed by atoms with Gasteiger partial charge in [0.15, 0.2) is 0 Å². The highest BCUT2D eigenvalue weighted by Gasteiger charge is 2.36. The summed E-state index contributed by atoms with van der Waals surface area (Å²) in [6.45, 7) is 9.24. The van der Waals surface area contributed by atoms with Crippen molar-refractivity contribution in [1.82, 2.24) is 0 Å². The molecular formula is C22H22. The Morgan fingerprint density at radius 1 is 0.818 bits per heavy atom. The highest BCUT2D eigenvalue weighted by molar-refractivity contribution is 6.02. The van der Waals surface area contributed by atoms with E-state index in [1.165, 1.54) is 38.6 Å². The van der Waals surface area contributed by atoms with Gasteiger partial charge in [-0.3, -0.25) is 0 Å². The number of hydrogen-bond donors (Lipinski definition) is 0. The maximum Gasteiger partial charge on any atom is 0.0159 e. The zero-order valence-corrected chi connectivity index (χ0v) is 13.8. The van der Waals surface area contributed by atoms with E-state index in [9.17, 15) is 0 Å². The molecule has 0 atom stereocenters. The van der Waals surface area contributed by atoms with E-state index in [2.05, 4.69) is 82.3 Å². The van der Waals surface area contributed by atoms with Gasteiger partial charge in [0.1, 0.15) is 0 Å². The Kier molecular flexibility index (Phi) is 2.75. The molecule has 3 aromatic rings. The van der Waals surface area contributed by atoms with Gasteiger partial charge in [-0.2, -0.15) is 0 Å². The van der Waals surface area contributed by atoms with Gasteiger partial charge in [0.25, 0.3) is 0 Å². The lowest BCUT2D eigenvalue weighted by atomic mass is 9.81. The molecule has 0 bridgehead atoms. The summed E-state index contributed by atoms with van der Waals surface area (Å²) in [5.41, 5.74) is 7.31. The summed E-state index contributed by atoms with van der Waals surface area (Å²) in [5.74, 6) is 0.562. The van der Waals surface area contributed by atoms with Crippen LogP contribution in [0.1, 0.15) is 50.3 Å². The zero-order valence-electron chi connectivity index (χ0n) is 13.8. The van der Waals surface area contributed by atoms with Gasteiger partial charge < -0.3 is 0 Å². The van der Waals surface area contributed by atoms with Gasteiger partial charge in [-0.25, -0.2) is 0 Å². The second-order valence-corrected chi connectivity index (χ2v) is 7.29. The molecule has 1 aliphatic rings. The molecule has 0 spiro atoms. The Labute approximate surface area is 132 Å². The average molecular weight is 286 g/mol. The van der Waals surface area contributed by atoms with E-state index in [1.54, 1.807) is 0 Å². The predicted molar refractivity (Wildman–Crippen MR) is 95.6 cm³/mol. The third-order valence-electron chi connectivity index (χ3n) is 5.26. The molecule has 0 saturated heterocycles. The van der Waals surface area contributed by atoms with E-state index in [4.69, 9.17) is 0 Å². The maximum atomic E-state index is 2.42. The zero-order chi connectivity index (χ0) is 15.5. The number of fused-ring (bicyclic) bond motifs is 5. The SMILES string of the molecule is CC(C)c1ccc2c(c1)-c1c(ccc3ccccc13)C2(C)C. The fourth-order valence-electron chi connectivity index (χ4n) is 3.90. The van der Waals surface area contributed by atoms with E-state index in [-0.39, 0.29) is 5.41 Å². The molecular weight excluding hydrogens is 264 g/mol. The van der Waals surface area contributed by atoms with Gasteiger partial charge in [-0.05, 0) is 44.5 Å². The predicted octanol–water partition coefficient (Wildman–Crippen LogP) is 6.27. The van der Waals surface area contributed by atoms with Gasteiger partial charge in [0.05, 0.1) is 0 Å². The summed E-state index contributed by atoms with van der Waals surface area (Å²) >= 11 is 0. The first-order chi connectivity index (χ1) is 10.5. The van der Waals surface area contributed by atoms with Crippen LogP contribution in [0.4, 0.5) is 0 Å². The molecule has 22 heavy (non-hydrogen) atoms. The maximum absolute atomic E-state index is 2.42. The van der Waals surface area contributed by atoms with E-state index in [1.807, 2.05) is 0 Å². The number of hydrogen-bond acceptors (Lipinski definition) is 0. The van der Waals surface area contributed by atoms with Crippen molar-refractivity contribution in [2.24, 2.45) is 0 Å². The molecule has 0 nitrogen and oxygen atoms in total. The van der Waals surface area contributed by atoms with E-state index in [0.717, 1.165) is 0 Å². The summed E-state index contributed by atoms with van der Waals surface area (Å²) < 4.78 is 0. The minimum atomic E-state index is 0.0875. The van der Waals surface area contributed by atoms with Gasteiger partial charge >= 0.3 is 0 Å². The van der Waals surface area contributed by atoms with E-state index >= 15 is 0 Å². The summed E-state index contributed by atoms with van der Waals surface area (Å²) in [5, 5.41) is 2.72. The van der Waals surface area contributed by atoms with Crippen LogP contribution in [0.3, 0.4) is 0 Å². The van der Waals surface area contributed by atoms with Crippen LogP contribution in [0.15, 0.2) is 54.6 Å². The Morgan fingerprint density at radius 3 is 2.32 bits per heavy atom. The average Bonchev–Trinajstić information content (AvgIpc) is 2.75. The van der Waals surface area contributed by atoms with Crippen molar-refractivity contribution in [3.05, 3.63) is 71.3 Å². The standard InChI is InChI=1S/C22H22/c1-14(2)16-10-11-19-18(13-16)21-17-8-6-5-7-15(17)9-12-20(21)22(19,3)4/h5-14H,1-4H3. The first-order valence-electron chi connectivity index (χ1n) is 8.17. The normalized spacial score (nSPS) is 15.1. The molecule has 0 fully saturated rings. The molecule has 0 saturated carbocycles. The quantitative estimate of drug-likeness (QED) is 0.494. The Bertz CT molecular complexity index is 882. The summed E-state index contributed by atoms with van der Waals surface area (Å²) in [4.78, 5) is 0. The Balaban J connectivity index is 2.13. The van der Waals surface area contributed by atoms with Crippen LogP contribution >= 0.6 is 0 Å². The number of benzene rings is 3. The second-order valence-electron chi connectivity index (χ2n) is 7.29. The van der Waals surface area contributed by atoms with Crippen LogP contribution in [0.5, 0.6) is 0 Å². The van der Waals surface area contributed by atoms with Crippen LogP contribution in [0.25, 0.3) is 21.9 Å². The van der Waals surface area contributed by atoms with E-state index < -0.39 is 0 Å². The monoisotopic (exact) mass is 286 g/mol. The van der Waals surface area contributed by atoms with Crippen molar-refractivity contribution in [1.29, 1.82) is 0 Å². The molecule has 0 amide bonds. The van der Waals surface area contributed by atoms with Crippen molar-refractivity contribution < 1.29 is 0 Å². The molecule has 0 aromatic heterocycles. The molecule has 0 N–H and O–H groups in total. The largest absolute Gasteiger partial charge is 0.0616 e. The van der Waals surface area contributed by atoms with Gasteiger partial charge in [-0.1, -0.05) is 82.3 Å². The molecule has 0 heteroatoms. The highest BCUT2D eigenvalue weighted by Crippen LogP contribution is 2.51. The minimum absolute atomic E-state index is 0.0875. The Hall–Kier alpha value is -2.08. The van der Waals surface area contributed by atoms with Crippen molar-refractivity contribution in [2.75, 3.05) is 0 Å². The fourth-order valence-corrected chi connectivity index (χ4v) is 3.90. The van der Waals surface area contributed by atoms with Crippen molar-refractivity contribution in [3.8, 4) is 11.1 Å². The van der Waals surface area contributed by atoms with Gasteiger partial charge in [0, 0.05) is 5.41 Å². The lowest BCUT2D eigenvalue weighted by Crippen LogP contribution is -2.14. The first kappa shape index (κ1) is 13.6. The molecule has 4 rings (SSSR count). The smallest absolute Gasteiger partial charge is 0.0159 e. The fraction of sp³-hybridized carbons (Fsp3) is 0.273. The van der Waals surface area contributed by atoms with Crippen LogP contribution in [-0.4, -0.2) is 0 Å². The Morgan fingerprint density at radius 2 is 1.55 bits per heavy atom. The lowest BCUT2D eigenvalue weighted by Gasteiger charge is -2.21. The van der Waals surface area contributed by atoms with Crippen LogP contribution in [0, 0.1) is 0 Å². The molecule has 0 aliphatic heterocycles. The third kappa shape index (κ3) is 1.70. The van der Waals surface area contributed by atoms with Crippen molar-refractivity contribution >= 4 is 10.8 Å². The lowest BCUT2D eigenvalue weighted by molar-refractivity contribution is 0.660. The van der Waals surface area contributed by atoms with Crippen LogP contribution < -0.4 is 0 Å². The minimum Gasteiger partial charge on any atom is -0.0616 e. The van der Waals surface area contributed by atoms with Crippen LogP contribution in [0.2, 0.25) is 0 Å². The molecule has 1 aliphatic carbocycles. The summed E-state index contributed by atoms with van der Waals surface area (Å²) in [7, 11) is 0. The molecule has 3 aromatic carbocycles. The van der Waals surface area contributed by atoms with Gasteiger partial charge in [0.2, 0.25) is 0 Å². The second kappa shape index (κ2) is 4.46. The van der Waals surface area contributed by atoms with Crippen LogP contribution in [-0.2, 0) is 5.41 Å². The van der Waals surface area contributed by atoms with Crippen molar-refractivity contribution in [2.45, 2.75) is 39.0 Å². The van der Waals surface area contributed by atoms with E-state index in [0.29, 0.717) is 5.92 Å². The number of rotatable bonds is 1. The summed E-state index contributed by atoms with van der Waals surface area (Å²) in [6, 6.07) is 20.4. The molecule has 0 heterocycles. The molecule has 0 unspecified atom stereocenters. The topological polar surface area (TPSA) is 0 Å². The summed E-state index contributed by atoms with van der Waals surface area (Å²) in [6.07, 6.45) is 0. The van der Waals surface area contributed by atoms with Gasteiger partial charge in [-0.15, -0.1) is 0 Å². The molecule has 0 radical (unpaired) electrons. The first-order valence-corrected chi connectivity index (χ1v) is 8.17. The third-order valence-corrected chi connectivity index (χ3v) is 5.26. The molecule has 110 valence electrons. The highest BCUT2D eigenvalue weighted by atomic mass is 14.4. The van der Waals surface area contributed by atoms with Crippen molar-refractivity contribution in [3.63, 3.8) is 0 Å².